The van der Waals surface area contributed by atoms with Crippen LogP contribution in [-0.2, 0) is 6.42 Å². The van der Waals surface area contributed by atoms with Gasteiger partial charge in [0.05, 0.1) is 38.0 Å². The zero-order chi connectivity index (χ0) is 15.5. The van der Waals surface area contributed by atoms with Crippen molar-refractivity contribution in [3.8, 4) is 17.6 Å². The van der Waals surface area contributed by atoms with Crippen LogP contribution in [0.2, 0.25) is 0 Å². The Hall–Kier alpha value is -1.73. The summed E-state index contributed by atoms with van der Waals surface area (Å²) in [5, 5.41) is 9.10. The van der Waals surface area contributed by atoms with E-state index in [1.54, 1.807) is 14.2 Å². The number of benzene rings is 1. The molecule has 0 amide bonds. The van der Waals surface area contributed by atoms with Crippen molar-refractivity contribution < 1.29 is 9.47 Å². The largest absolute Gasteiger partial charge is 0.493 e. The fourth-order valence-electron chi connectivity index (χ4n) is 2.94. The first-order valence-corrected chi connectivity index (χ1v) is 7.34. The number of hydrogen-bond donors (Lipinski definition) is 0. The minimum absolute atomic E-state index is 0. The first kappa shape index (κ1) is 18.3. The van der Waals surface area contributed by atoms with Crippen LogP contribution in [0.4, 0.5) is 0 Å². The van der Waals surface area contributed by atoms with Gasteiger partial charge in [0.1, 0.15) is 0 Å². The number of hydrogen-bond acceptors (Lipinski definition) is 4. The molecule has 0 atom stereocenters. The van der Waals surface area contributed by atoms with E-state index < -0.39 is 0 Å². The third kappa shape index (κ3) is 3.20. The second-order valence-corrected chi connectivity index (χ2v) is 5.37. The fraction of sp³-hybridized carbons (Fsp3) is 0.529. The summed E-state index contributed by atoms with van der Waals surface area (Å²) >= 11 is 0. The summed E-state index contributed by atoms with van der Waals surface area (Å²) in [6.45, 7) is 4.31. The minimum atomic E-state index is -0.0984. The Morgan fingerprint density at radius 1 is 1.18 bits per heavy atom. The zero-order valence-corrected chi connectivity index (χ0v) is 14.4. The predicted octanol–water partition coefficient (Wildman–Crippen LogP) is 3.94. The lowest BCUT2D eigenvalue weighted by molar-refractivity contribution is 0.351. The van der Waals surface area contributed by atoms with Crippen LogP contribution in [0.1, 0.15) is 44.2 Å². The molecule has 1 aliphatic rings. The third-order valence-corrected chi connectivity index (χ3v) is 4.37. The molecule has 0 aliphatic carbocycles. The summed E-state index contributed by atoms with van der Waals surface area (Å²) in [7, 11) is 3.26. The van der Waals surface area contributed by atoms with Gasteiger partial charge in [-0.3, -0.25) is 4.99 Å². The maximum absolute atomic E-state index is 9.10. The van der Waals surface area contributed by atoms with Gasteiger partial charge in [-0.05, 0) is 37.0 Å². The van der Waals surface area contributed by atoms with Gasteiger partial charge in [0.15, 0.2) is 11.5 Å². The highest BCUT2D eigenvalue weighted by Crippen LogP contribution is 2.38. The molecule has 0 saturated carbocycles. The van der Waals surface area contributed by atoms with E-state index in [2.05, 4.69) is 19.9 Å². The van der Waals surface area contributed by atoms with Gasteiger partial charge in [0, 0.05) is 5.56 Å². The SMILES string of the molecule is CCC1(CC)Cc2cc(OC)c(OC)cc2C(CC#N)=N1.Cl. The monoisotopic (exact) mass is 322 g/mol. The van der Waals surface area contributed by atoms with E-state index in [4.69, 9.17) is 19.7 Å². The van der Waals surface area contributed by atoms with Crippen molar-refractivity contribution in [1.29, 1.82) is 5.26 Å². The summed E-state index contributed by atoms with van der Waals surface area (Å²) in [4.78, 5) is 4.91. The fourth-order valence-corrected chi connectivity index (χ4v) is 2.94. The molecule has 0 bridgehead atoms. The number of aliphatic imine (C=N–C) groups is 1. The molecule has 5 heteroatoms. The van der Waals surface area contributed by atoms with Gasteiger partial charge < -0.3 is 9.47 Å². The van der Waals surface area contributed by atoms with E-state index in [9.17, 15) is 0 Å². The van der Waals surface area contributed by atoms with Gasteiger partial charge in [-0.1, -0.05) is 13.8 Å². The van der Waals surface area contributed by atoms with Gasteiger partial charge in [0.2, 0.25) is 0 Å². The summed E-state index contributed by atoms with van der Waals surface area (Å²) in [6, 6.07) is 6.20. The molecule has 0 saturated heterocycles. The highest BCUT2D eigenvalue weighted by molar-refractivity contribution is 6.04. The molecule has 0 fully saturated rings. The topological polar surface area (TPSA) is 54.6 Å². The quantitative estimate of drug-likeness (QED) is 0.825. The summed E-state index contributed by atoms with van der Waals surface area (Å²) in [5.41, 5.74) is 2.98. The lowest BCUT2D eigenvalue weighted by atomic mass is 9.80. The standard InChI is InChI=1S/C17H22N2O2.ClH/c1-5-17(6-2)11-12-9-15(20-3)16(21-4)10-13(12)14(19-17)7-8-18;/h9-10H,5-7,11H2,1-4H3;1H. The molecule has 0 unspecified atom stereocenters. The molecule has 0 N–H and O–H groups in total. The Balaban J connectivity index is 0.00000242. The zero-order valence-electron chi connectivity index (χ0n) is 13.6. The molecule has 0 radical (unpaired) electrons. The molecule has 0 aromatic heterocycles. The Kier molecular flexibility index (Phi) is 6.25. The first-order chi connectivity index (χ1) is 10.1. The van der Waals surface area contributed by atoms with Crippen molar-refractivity contribution >= 4 is 18.1 Å². The molecule has 1 aromatic rings. The van der Waals surface area contributed by atoms with Crippen LogP contribution in [0.25, 0.3) is 0 Å². The molecule has 0 spiro atoms. The maximum atomic E-state index is 9.10. The normalized spacial score (nSPS) is 15.0. The van der Waals surface area contributed by atoms with Crippen molar-refractivity contribution in [2.75, 3.05) is 14.2 Å². The van der Waals surface area contributed by atoms with Crippen LogP contribution in [0.3, 0.4) is 0 Å². The molecule has 2 rings (SSSR count). The number of nitrogens with zero attached hydrogens (tertiary/aromatic N) is 2. The third-order valence-electron chi connectivity index (χ3n) is 4.37. The summed E-state index contributed by atoms with van der Waals surface area (Å²) in [5.74, 6) is 1.41. The van der Waals surface area contributed by atoms with E-state index in [0.29, 0.717) is 12.2 Å². The molecule has 1 aliphatic heterocycles. The first-order valence-electron chi connectivity index (χ1n) is 7.34. The van der Waals surface area contributed by atoms with Crippen molar-refractivity contribution in [2.24, 2.45) is 4.99 Å². The number of halogens is 1. The summed E-state index contributed by atoms with van der Waals surface area (Å²) in [6.07, 6.45) is 3.13. The number of fused-ring (bicyclic) bond motifs is 1. The average Bonchev–Trinajstić information content (AvgIpc) is 2.53. The van der Waals surface area contributed by atoms with Crippen LogP contribution in [0.5, 0.6) is 11.5 Å². The molecular weight excluding hydrogens is 300 g/mol. The molecule has 1 heterocycles. The lowest BCUT2D eigenvalue weighted by Crippen LogP contribution is -2.34. The van der Waals surface area contributed by atoms with Gasteiger partial charge in [0.25, 0.3) is 0 Å². The molecule has 120 valence electrons. The van der Waals surface area contributed by atoms with Crippen LogP contribution < -0.4 is 9.47 Å². The number of ether oxygens (including phenoxy) is 2. The highest BCUT2D eigenvalue weighted by Gasteiger charge is 2.33. The average molecular weight is 323 g/mol. The minimum Gasteiger partial charge on any atom is -0.493 e. The van der Waals surface area contributed by atoms with E-state index in [1.165, 1.54) is 5.56 Å². The van der Waals surface area contributed by atoms with Crippen molar-refractivity contribution in [3.63, 3.8) is 0 Å². The molecule has 1 aromatic carbocycles. The molecule has 22 heavy (non-hydrogen) atoms. The van der Waals surface area contributed by atoms with Crippen LogP contribution in [0, 0.1) is 11.3 Å². The van der Waals surface area contributed by atoms with E-state index in [-0.39, 0.29) is 17.9 Å². The second kappa shape index (κ2) is 7.51. The van der Waals surface area contributed by atoms with Gasteiger partial charge in [-0.15, -0.1) is 12.4 Å². The second-order valence-electron chi connectivity index (χ2n) is 5.37. The van der Waals surface area contributed by atoms with E-state index in [1.807, 2.05) is 12.1 Å². The highest BCUT2D eigenvalue weighted by atomic mass is 35.5. The van der Waals surface area contributed by atoms with Crippen LogP contribution in [-0.4, -0.2) is 25.5 Å². The van der Waals surface area contributed by atoms with Crippen LogP contribution in [0.15, 0.2) is 17.1 Å². The number of rotatable bonds is 5. The van der Waals surface area contributed by atoms with Gasteiger partial charge >= 0.3 is 0 Å². The molecule has 4 nitrogen and oxygen atoms in total. The Morgan fingerprint density at radius 3 is 2.27 bits per heavy atom. The number of methoxy groups -OCH3 is 2. The molecular formula is C17H23ClN2O2. The predicted molar refractivity (Wildman–Crippen MR) is 90.6 cm³/mol. The van der Waals surface area contributed by atoms with Crippen LogP contribution >= 0.6 is 12.4 Å². The van der Waals surface area contributed by atoms with Crippen molar-refractivity contribution in [3.05, 3.63) is 23.3 Å². The maximum Gasteiger partial charge on any atom is 0.161 e. The van der Waals surface area contributed by atoms with Gasteiger partial charge in [-0.25, -0.2) is 0 Å². The van der Waals surface area contributed by atoms with Crippen molar-refractivity contribution in [2.45, 2.75) is 45.1 Å². The Bertz CT molecular complexity index is 601. The van der Waals surface area contributed by atoms with E-state index >= 15 is 0 Å². The Morgan fingerprint density at radius 2 is 1.77 bits per heavy atom. The number of nitriles is 1. The van der Waals surface area contributed by atoms with Gasteiger partial charge in [-0.2, -0.15) is 5.26 Å². The van der Waals surface area contributed by atoms with E-state index in [0.717, 1.165) is 36.3 Å². The smallest absolute Gasteiger partial charge is 0.161 e. The summed E-state index contributed by atoms with van der Waals surface area (Å²) < 4.78 is 10.8. The van der Waals surface area contributed by atoms with Crippen molar-refractivity contribution in [1.82, 2.24) is 0 Å². The Labute approximate surface area is 138 Å². The lowest BCUT2D eigenvalue weighted by Gasteiger charge is -2.34.